The topological polar surface area (TPSA) is 40.5 Å². The highest BCUT2D eigenvalue weighted by atomic mass is 19.4. The molecule has 10 atom stereocenters. The van der Waals surface area contributed by atoms with E-state index in [2.05, 4.69) is 13.8 Å². The van der Waals surface area contributed by atoms with E-state index in [1.165, 1.54) is 0 Å². The van der Waals surface area contributed by atoms with E-state index in [0.717, 1.165) is 57.8 Å². The lowest BCUT2D eigenvalue weighted by Crippen LogP contribution is -2.56. The zero-order valence-corrected chi connectivity index (χ0v) is 18.4. The molecule has 0 spiro atoms. The summed E-state index contributed by atoms with van der Waals surface area (Å²) in [6.07, 6.45) is 2.29. The summed E-state index contributed by atoms with van der Waals surface area (Å²) in [6, 6.07) is 0. The van der Waals surface area contributed by atoms with Crippen molar-refractivity contribution in [2.45, 2.75) is 103 Å². The molecule has 168 valence electrons. The number of hydrogen-bond acceptors (Lipinski definition) is 2. The lowest BCUT2D eigenvalue weighted by molar-refractivity contribution is -0.228. The van der Waals surface area contributed by atoms with E-state index in [9.17, 15) is 23.4 Å². The molecule has 29 heavy (non-hydrogen) atoms. The highest BCUT2D eigenvalue weighted by Gasteiger charge is 2.62. The molecule has 4 fully saturated rings. The molecule has 1 unspecified atom stereocenters. The van der Waals surface area contributed by atoms with Gasteiger partial charge in [-0.05, 0) is 111 Å². The maximum Gasteiger partial charge on any atom is 0.414 e. The third-order valence-electron chi connectivity index (χ3n) is 10.5. The maximum atomic E-state index is 13.2. The second-order valence-corrected chi connectivity index (χ2v) is 11.9. The van der Waals surface area contributed by atoms with Gasteiger partial charge in [-0.1, -0.05) is 20.8 Å². The van der Waals surface area contributed by atoms with Gasteiger partial charge in [-0.3, -0.25) is 0 Å². The summed E-state index contributed by atoms with van der Waals surface area (Å²) >= 11 is 0. The van der Waals surface area contributed by atoms with Gasteiger partial charge in [0.1, 0.15) is 0 Å². The van der Waals surface area contributed by atoms with Gasteiger partial charge >= 0.3 is 6.18 Å². The zero-order valence-electron chi connectivity index (χ0n) is 18.4. The average molecular weight is 417 g/mol. The Morgan fingerprint density at radius 1 is 0.862 bits per heavy atom. The highest BCUT2D eigenvalue weighted by molar-refractivity contribution is 5.11. The molecular weight excluding hydrogens is 377 g/mol. The fraction of sp³-hybridized carbons (Fsp3) is 1.00. The molecule has 0 saturated heterocycles. The largest absolute Gasteiger partial charge is 0.414 e. The number of halogens is 3. The number of rotatable bonds is 2. The smallest absolute Gasteiger partial charge is 0.390 e. The molecule has 0 aromatic carbocycles. The van der Waals surface area contributed by atoms with E-state index in [0.29, 0.717) is 23.7 Å². The van der Waals surface area contributed by atoms with Crippen molar-refractivity contribution in [2.75, 3.05) is 0 Å². The van der Waals surface area contributed by atoms with E-state index in [1.807, 2.05) is 6.92 Å². The summed E-state index contributed by atoms with van der Waals surface area (Å²) in [5, 5.41) is 20.6. The molecule has 4 aliphatic carbocycles. The number of hydrogen-bond donors (Lipinski definition) is 2. The number of aliphatic hydroxyl groups excluding tert-OH is 1. The van der Waals surface area contributed by atoms with Crippen LogP contribution in [0.2, 0.25) is 0 Å². The van der Waals surface area contributed by atoms with Crippen LogP contribution in [0.25, 0.3) is 0 Å². The summed E-state index contributed by atoms with van der Waals surface area (Å²) in [7, 11) is 0. The van der Waals surface area contributed by atoms with E-state index >= 15 is 0 Å². The second-order valence-electron chi connectivity index (χ2n) is 11.9. The number of alkyl halides is 3. The Hall–Kier alpha value is -0.290. The van der Waals surface area contributed by atoms with Crippen molar-refractivity contribution in [3.63, 3.8) is 0 Å². The Kier molecular flexibility index (Phi) is 5.18. The van der Waals surface area contributed by atoms with Gasteiger partial charge in [-0.15, -0.1) is 0 Å². The van der Waals surface area contributed by atoms with Crippen LogP contribution in [0, 0.1) is 46.3 Å². The van der Waals surface area contributed by atoms with Gasteiger partial charge < -0.3 is 10.2 Å². The first-order valence-electron chi connectivity index (χ1n) is 11.8. The molecular formula is C24H39F3O2. The molecule has 5 heteroatoms. The van der Waals surface area contributed by atoms with Crippen LogP contribution in [0.4, 0.5) is 13.2 Å². The molecule has 4 rings (SSSR count). The first-order valence-corrected chi connectivity index (χ1v) is 11.8. The fourth-order valence-electron chi connectivity index (χ4n) is 8.85. The minimum atomic E-state index is -4.53. The summed E-state index contributed by atoms with van der Waals surface area (Å²) in [6.45, 7) is 8.26. The first kappa shape index (κ1) is 21.9. The quantitative estimate of drug-likeness (QED) is 0.583. The second kappa shape index (κ2) is 6.85. The van der Waals surface area contributed by atoms with Crippen molar-refractivity contribution >= 4 is 0 Å². The van der Waals surface area contributed by atoms with Gasteiger partial charge in [0.25, 0.3) is 0 Å². The van der Waals surface area contributed by atoms with Gasteiger partial charge in [0.2, 0.25) is 0 Å². The van der Waals surface area contributed by atoms with Crippen molar-refractivity contribution in [3.8, 4) is 0 Å². The Labute approximate surface area is 173 Å². The standard InChI is InChI=1S/C24H39F3O2/c1-14(20(28)24(25,26)27)17-7-8-18-16-6-5-15-13-21(2,29)11-12-22(15,3)19(16)9-10-23(17,18)4/h14-20,28-29H,5-13H2,1-4H3/t14-,15+,16-,17+,18-,19-,20-,21-,22-,23?/m0/s1. The summed E-state index contributed by atoms with van der Waals surface area (Å²) in [5.41, 5.74) is -0.361. The van der Waals surface area contributed by atoms with Gasteiger partial charge in [0, 0.05) is 0 Å². The molecule has 0 heterocycles. The van der Waals surface area contributed by atoms with E-state index in [1.54, 1.807) is 6.92 Å². The summed E-state index contributed by atoms with van der Waals surface area (Å²) in [4.78, 5) is 0. The monoisotopic (exact) mass is 416 g/mol. The number of aliphatic hydroxyl groups is 2. The third kappa shape index (κ3) is 3.37. The lowest BCUT2D eigenvalue weighted by atomic mass is 9.43. The Balaban J connectivity index is 1.55. The van der Waals surface area contributed by atoms with Crippen LogP contribution in [0.1, 0.15) is 85.5 Å². The molecule has 2 N–H and O–H groups in total. The normalized spacial score (nSPS) is 52.2. The SMILES string of the molecule is C[C@@H]([C@H]1CC[C@H]2[C@@H]3CC[C@@H]4C[C@@](C)(O)CC[C@]4(C)[C@H]3CCC12C)[C@H](O)C(F)(F)F. The van der Waals surface area contributed by atoms with Crippen LogP contribution in [0.3, 0.4) is 0 Å². The summed E-state index contributed by atoms with van der Waals surface area (Å²) in [5.74, 6) is 1.49. The molecule has 0 radical (unpaired) electrons. The lowest BCUT2D eigenvalue weighted by Gasteiger charge is -2.62. The van der Waals surface area contributed by atoms with Crippen molar-refractivity contribution in [2.24, 2.45) is 46.3 Å². The summed E-state index contributed by atoms with van der Waals surface area (Å²) < 4.78 is 39.6. The van der Waals surface area contributed by atoms with Crippen LogP contribution < -0.4 is 0 Å². The Morgan fingerprint density at radius 3 is 2.17 bits per heavy atom. The molecule has 4 saturated carbocycles. The van der Waals surface area contributed by atoms with Crippen molar-refractivity contribution in [1.82, 2.24) is 0 Å². The van der Waals surface area contributed by atoms with Crippen molar-refractivity contribution < 1.29 is 23.4 Å². The van der Waals surface area contributed by atoms with Gasteiger partial charge in [-0.25, -0.2) is 0 Å². The number of fused-ring (bicyclic) bond motifs is 5. The van der Waals surface area contributed by atoms with Crippen molar-refractivity contribution in [3.05, 3.63) is 0 Å². The zero-order chi connectivity index (χ0) is 21.4. The van der Waals surface area contributed by atoms with Crippen LogP contribution >= 0.6 is 0 Å². The van der Waals surface area contributed by atoms with Gasteiger partial charge in [-0.2, -0.15) is 13.2 Å². The van der Waals surface area contributed by atoms with E-state index in [-0.39, 0.29) is 16.7 Å². The molecule has 0 bridgehead atoms. The fourth-order valence-corrected chi connectivity index (χ4v) is 8.85. The minimum absolute atomic E-state index is 0.0531. The minimum Gasteiger partial charge on any atom is -0.390 e. The van der Waals surface area contributed by atoms with Crippen LogP contribution in [0.15, 0.2) is 0 Å². The van der Waals surface area contributed by atoms with E-state index < -0.39 is 23.8 Å². The van der Waals surface area contributed by atoms with Crippen molar-refractivity contribution in [1.29, 1.82) is 0 Å². The maximum absolute atomic E-state index is 13.2. The highest BCUT2D eigenvalue weighted by Crippen LogP contribution is 2.69. The van der Waals surface area contributed by atoms with Gasteiger partial charge in [0.05, 0.1) is 5.60 Å². The molecule has 0 aromatic heterocycles. The molecule has 0 amide bonds. The Bertz CT molecular complexity index is 632. The molecule has 4 aliphatic rings. The predicted molar refractivity (Wildman–Crippen MR) is 107 cm³/mol. The first-order chi connectivity index (χ1) is 13.3. The molecule has 2 nitrogen and oxygen atoms in total. The third-order valence-corrected chi connectivity index (χ3v) is 10.5. The van der Waals surface area contributed by atoms with Gasteiger partial charge in [0.15, 0.2) is 6.10 Å². The van der Waals surface area contributed by atoms with Crippen LogP contribution in [-0.2, 0) is 0 Å². The average Bonchev–Trinajstić information content (AvgIpc) is 2.97. The van der Waals surface area contributed by atoms with E-state index in [4.69, 9.17) is 0 Å². The Morgan fingerprint density at radius 2 is 1.52 bits per heavy atom. The predicted octanol–water partition coefficient (Wildman–Crippen LogP) is 5.96. The molecule has 0 aliphatic heterocycles. The molecule has 0 aromatic rings. The van der Waals surface area contributed by atoms with Crippen LogP contribution in [0.5, 0.6) is 0 Å². The van der Waals surface area contributed by atoms with Crippen LogP contribution in [-0.4, -0.2) is 28.1 Å².